The summed E-state index contributed by atoms with van der Waals surface area (Å²) in [5.41, 5.74) is 1.88. The molecule has 0 aliphatic rings. The van der Waals surface area contributed by atoms with Crippen LogP contribution in [0.5, 0.6) is 0 Å². The van der Waals surface area contributed by atoms with Crippen molar-refractivity contribution in [1.82, 2.24) is 19.8 Å². The minimum atomic E-state index is -0.257. The fourth-order valence-electron chi connectivity index (χ4n) is 2.25. The summed E-state index contributed by atoms with van der Waals surface area (Å²) in [6.07, 6.45) is 4.37. The molecule has 0 bridgehead atoms. The number of likely N-dealkylation sites (N-methyl/N-ethyl adjacent to an activating group) is 1. The number of carbonyl (C=O) groups is 1. The van der Waals surface area contributed by atoms with Crippen LogP contribution < -0.4 is 0 Å². The zero-order valence-corrected chi connectivity index (χ0v) is 13.6. The molecule has 0 spiro atoms. The number of aromatic amines is 1. The number of nitrogens with one attached hydrogen (secondary N) is 1. The first kappa shape index (κ1) is 17.1. The molecule has 1 N–H and O–H groups in total. The molecule has 1 aromatic heterocycles. The largest absolute Gasteiger partial charge is 0.347 e. The van der Waals surface area contributed by atoms with Crippen LogP contribution in [-0.4, -0.2) is 52.9 Å². The Balaban J connectivity index is 1.93. The van der Waals surface area contributed by atoms with E-state index in [0.717, 1.165) is 17.8 Å². The first-order valence-corrected chi connectivity index (χ1v) is 7.69. The minimum Gasteiger partial charge on any atom is -0.347 e. The van der Waals surface area contributed by atoms with E-state index >= 15 is 0 Å². The van der Waals surface area contributed by atoms with Gasteiger partial charge in [0.1, 0.15) is 5.82 Å². The number of hydrogen-bond acceptors (Lipinski definition) is 3. The normalized spacial score (nSPS) is 11.0. The highest BCUT2D eigenvalue weighted by molar-refractivity contribution is 5.76. The Bertz CT molecular complexity index is 596. The van der Waals surface area contributed by atoms with Gasteiger partial charge in [-0.05, 0) is 38.2 Å². The lowest BCUT2D eigenvalue weighted by Crippen LogP contribution is -2.36. The van der Waals surface area contributed by atoms with Crippen molar-refractivity contribution in [3.8, 4) is 0 Å². The predicted molar refractivity (Wildman–Crippen MR) is 87.3 cm³/mol. The maximum atomic E-state index is 12.9. The third-order valence-electron chi connectivity index (χ3n) is 3.63. The number of H-pyrrole nitrogens is 1. The van der Waals surface area contributed by atoms with E-state index in [1.165, 1.54) is 12.1 Å². The molecule has 0 atom stereocenters. The van der Waals surface area contributed by atoms with Gasteiger partial charge in [0.2, 0.25) is 5.91 Å². The lowest BCUT2D eigenvalue weighted by Gasteiger charge is -2.24. The van der Waals surface area contributed by atoms with E-state index in [0.29, 0.717) is 25.9 Å². The molecule has 0 fully saturated rings. The molecule has 0 unspecified atom stereocenters. The van der Waals surface area contributed by atoms with Crippen molar-refractivity contribution in [2.24, 2.45) is 0 Å². The molecule has 0 saturated heterocycles. The van der Waals surface area contributed by atoms with Gasteiger partial charge in [0.05, 0.1) is 18.6 Å². The van der Waals surface area contributed by atoms with Gasteiger partial charge >= 0.3 is 0 Å². The molecule has 0 radical (unpaired) electrons. The monoisotopic (exact) mass is 318 g/mol. The zero-order chi connectivity index (χ0) is 16.7. The molecule has 0 saturated carbocycles. The van der Waals surface area contributed by atoms with Crippen molar-refractivity contribution in [1.29, 1.82) is 0 Å². The highest BCUT2D eigenvalue weighted by Crippen LogP contribution is 2.09. The lowest BCUT2D eigenvalue weighted by atomic mass is 10.1. The SMILES string of the molecule is CN(C)CCN(Cc1cnc[nH]1)C(=O)CCc1ccc(F)cc1. The number of amides is 1. The van der Waals surface area contributed by atoms with Gasteiger partial charge in [0, 0.05) is 25.7 Å². The van der Waals surface area contributed by atoms with Crippen LogP contribution in [0, 0.1) is 5.82 Å². The van der Waals surface area contributed by atoms with E-state index in [-0.39, 0.29) is 11.7 Å². The smallest absolute Gasteiger partial charge is 0.223 e. The van der Waals surface area contributed by atoms with Gasteiger partial charge in [0.25, 0.3) is 0 Å². The van der Waals surface area contributed by atoms with Crippen molar-refractivity contribution in [2.45, 2.75) is 19.4 Å². The Morgan fingerprint density at radius 1 is 1.22 bits per heavy atom. The summed E-state index contributed by atoms with van der Waals surface area (Å²) in [5, 5.41) is 0. The number of imidazole rings is 1. The van der Waals surface area contributed by atoms with Crippen LogP contribution >= 0.6 is 0 Å². The molecule has 2 aromatic rings. The van der Waals surface area contributed by atoms with E-state index in [2.05, 4.69) is 9.97 Å². The average Bonchev–Trinajstić information content (AvgIpc) is 3.03. The van der Waals surface area contributed by atoms with E-state index in [9.17, 15) is 9.18 Å². The molecule has 0 aliphatic carbocycles. The summed E-state index contributed by atoms with van der Waals surface area (Å²) in [4.78, 5) is 23.4. The number of halogens is 1. The van der Waals surface area contributed by atoms with Crippen LogP contribution in [-0.2, 0) is 17.8 Å². The highest BCUT2D eigenvalue weighted by Gasteiger charge is 2.15. The Morgan fingerprint density at radius 2 is 1.96 bits per heavy atom. The molecule has 23 heavy (non-hydrogen) atoms. The number of nitrogens with zero attached hydrogens (tertiary/aromatic N) is 3. The fraction of sp³-hybridized carbons (Fsp3) is 0.412. The summed E-state index contributed by atoms with van der Waals surface area (Å²) in [6.45, 7) is 1.99. The summed E-state index contributed by atoms with van der Waals surface area (Å²) >= 11 is 0. The number of benzene rings is 1. The maximum Gasteiger partial charge on any atom is 0.223 e. The van der Waals surface area contributed by atoms with Gasteiger partial charge in [-0.1, -0.05) is 12.1 Å². The Labute approximate surface area is 136 Å². The molecular formula is C17H23FN4O. The van der Waals surface area contributed by atoms with Crippen LogP contribution in [0.3, 0.4) is 0 Å². The topological polar surface area (TPSA) is 52.2 Å². The molecule has 2 rings (SSSR count). The number of aromatic nitrogens is 2. The summed E-state index contributed by atoms with van der Waals surface area (Å²) < 4.78 is 12.9. The van der Waals surface area contributed by atoms with Crippen molar-refractivity contribution in [3.05, 3.63) is 53.9 Å². The molecule has 1 aromatic carbocycles. The van der Waals surface area contributed by atoms with Crippen LogP contribution in [0.2, 0.25) is 0 Å². The first-order valence-electron chi connectivity index (χ1n) is 7.69. The minimum absolute atomic E-state index is 0.0887. The highest BCUT2D eigenvalue weighted by atomic mass is 19.1. The third-order valence-corrected chi connectivity index (χ3v) is 3.63. The van der Waals surface area contributed by atoms with E-state index in [1.807, 2.05) is 23.9 Å². The van der Waals surface area contributed by atoms with E-state index in [1.54, 1.807) is 24.7 Å². The first-order chi connectivity index (χ1) is 11.0. The van der Waals surface area contributed by atoms with Crippen molar-refractivity contribution in [3.63, 3.8) is 0 Å². The van der Waals surface area contributed by atoms with Crippen LogP contribution in [0.4, 0.5) is 4.39 Å². The maximum absolute atomic E-state index is 12.9. The predicted octanol–water partition coefficient (Wildman–Crippen LogP) is 2.07. The van der Waals surface area contributed by atoms with E-state index in [4.69, 9.17) is 0 Å². The van der Waals surface area contributed by atoms with Crippen molar-refractivity contribution < 1.29 is 9.18 Å². The van der Waals surface area contributed by atoms with Crippen LogP contribution in [0.25, 0.3) is 0 Å². The lowest BCUT2D eigenvalue weighted by molar-refractivity contribution is -0.132. The van der Waals surface area contributed by atoms with Gasteiger partial charge < -0.3 is 14.8 Å². The van der Waals surface area contributed by atoms with Crippen LogP contribution in [0.15, 0.2) is 36.8 Å². The summed E-state index contributed by atoms with van der Waals surface area (Å²) in [7, 11) is 3.97. The third kappa shape index (κ3) is 5.83. The van der Waals surface area contributed by atoms with Gasteiger partial charge in [-0.3, -0.25) is 4.79 Å². The Hall–Kier alpha value is -2.21. The van der Waals surface area contributed by atoms with E-state index < -0.39 is 0 Å². The average molecular weight is 318 g/mol. The quantitative estimate of drug-likeness (QED) is 0.811. The Kier molecular flexibility index (Phi) is 6.29. The molecule has 6 heteroatoms. The van der Waals surface area contributed by atoms with Gasteiger partial charge in [-0.15, -0.1) is 0 Å². The second-order valence-corrected chi connectivity index (χ2v) is 5.82. The molecule has 1 heterocycles. The van der Waals surface area contributed by atoms with Crippen molar-refractivity contribution >= 4 is 5.91 Å². The summed E-state index contributed by atoms with van der Waals surface area (Å²) in [5.74, 6) is -0.169. The zero-order valence-electron chi connectivity index (χ0n) is 13.6. The number of hydrogen-bond donors (Lipinski definition) is 1. The summed E-state index contributed by atoms with van der Waals surface area (Å²) in [6, 6.07) is 6.30. The number of rotatable bonds is 8. The van der Waals surface area contributed by atoms with Gasteiger partial charge in [-0.25, -0.2) is 9.37 Å². The Morgan fingerprint density at radius 3 is 2.57 bits per heavy atom. The van der Waals surface area contributed by atoms with Gasteiger partial charge in [0.15, 0.2) is 0 Å². The second-order valence-electron chi connectivity index (χ2n) is 5.82. The molecular weight excluding hydrogens is 295 g/mol. The van der Waals surface area contributed by atoms with Crippen molar-refractivity contribution in [2.75, 3.05) is 27.2 Å². The fourth-order valence-corrected chi connectivity index (χ4v) is 2.25. The number of aryl methyl sites for hydroxylation is 1. The standard InChI is InChI=1S/C17H23FN4O/c1-21(2)9-10-22(12-16-11-19-13-20-16)17(23)8-5-14-3-6-15(18)7-4-14/h3-4,6-7,11,13H,5,8-10,12H2,1-2H3,(H,19,20). The number of carbonyl (C=O) groups excluding carboxylic acids is 1. The second kappa shape index (κ2) is 8.43. The molecule has 5 nitrogen and oxygen atoms in total. The van der Waals surface area contributed by atoms with Gasteiger partial charge in [-0.2, -0.15) is 0 Å². The molecule has 124 valence electrons. The molecule has 1 amide bonds. The van der Waals surface area contributed by atoms with Crippen LogP contribution in [0.1, 0.15) is 17.7 Å². The molecule has 0 aliphatic heterocycles.